The van der Waals surface area contributed by atoms with Crippen molar-refractivity contribution < 1.29 is 15.0 Å². The van der Waals surface area contributed by atoms with Crippen LogP contribution in [-0.4, -0.2) is 34.2 Å². The number of rotatable bonds is 5. The summed E-state index contributed by atoms with van der Waals surface area (Å²) in [6.07, 6.45) is 0. The Balaban J connectivity index is 2.78. The lowest BCUT2D eigenvalue weighted by atomic mass is 10.1. The van der Waals surface area contributed by atoms with Crippen LogP contribution in [0.25, 0.3) is 0 Å². The van der Waals surface area contributed by atoms with E-state index in [-0.39, 0.29) is 17.5 Å². The third-order valence-corrected chi connectivity index (χ3v) is 2.61. The van der Waals surface area contributed by atoms with Gasteiger partial charge in [-0.15, -0.1) is 0 Å². The first-order chi connectivity index (χ1) is 9.27. The van der Waals surface area contributed by atoms with Gasteiger partial charge in [0.2, 0.25) is 0 Å². The normalized spacial score (nSPS) is 10.9. The molecule has 0 spiro atoms. The number of aromatic hydroxyl groups is 2. The number of benzene rings is 1. The van der Waals surface area contributed by atoms with Crippen molar-refractivity contribution in [3.8, 4) is 11.5 Å². The summed E-state index contributed by atoms with van der Waals surface area (Å²) in [7, 11) is 0. The van der Waals surface area contributed by atoms with E-state index in [0.717, 1.165) is 0 Å². The van der Waals surface area contributed by atoms with Crippen molar-refractivity contribution in [3.05, 3.63) is 18.2 Å². The molecule has 1 rings (SSSR count). The molecule has 0 fully saturated rings. The molecule has 5 heteroatoms. The van der Waals surface area contributed by atoms with Crippen molar-refractivity contribution in [1.29, 1.82) is 0 Å². The topological polar surface area (TPSA) is 72.8 Å². The molecule has 0 aromatic heterocycles. The van der Waals surface area contributed by atoms with Crippen LogP contribution in [-0.2, 0) is 0 Å². The molecule has 112 valence electrons. The van der Waals surface area contributed by atoms with Crippen LogP contribution in [0.1, 0.15) is 27.7 Å². The van der Waals surface area contributed by atoms with E-state index in [0.29, 0.717) is 30.6 Å². The molecule has 0 saturated heterocycles. The molecule has 0 atom stereocenters. The molecular weight excluding hydrogens is 256 g/mol. The van der Waals surface area contributed by atoms with Gasteiger partial charge in [0.15, 0.2) is 0 Å². The number of phenolic OH excluding ortho intramolecular Hbond substituents is 2. The molecule has 0 bridgehead atoms. The number of carbonyl (C=O) groups excluding carboxylic acids is 1. The number of nitrogens with zero attached hydrogens (tertiary/aromatic N) is 1. The highest BCUT2D eigenvalue weighted by Crippen LogP contribution is 2.24. The van der Waals surface area contributed by atoms with E-state index >= 15 is 0 Å². The van der Waals surface area contributed by atoms with Gasteiger partial charge >= 0.3 is 6.03 Å². The van der Waals surface area contributed by atoms with E-state index in [2.05, 4.69) is 33.0 Å². The molecule has 1 aromatic rings. The molecule has 0 unspecified atom stereocenters. The van der Waals surface area contributed by atoms with Crippen molar-refractivity contribution in [1.82, 2.24) is 4.90 Å². The maximum Gasteiger partial charge on any atom is 0.321 e. The number of urea groups is 1. The summed E-state index contributed by atoms with van der Waals surface area (Å²) in [6, 6.07) is 3.80. The van der Waals surface area contributed by atoms with Crippen LogP contribution in [0.5, 0.6) is 11.5 Å². The van der Waals surface area contributed by atoms with Crippen LogP contribution in [0.4, 0.5) is 10.5 Å². The zero-order valence-electron chi connectivity index (χ0n) is 12.6. The lowest BCUT2D eigenvalue weighted by Gasteiger charge is -2.26. The van der Waals surface area contributed by atoms with E-state index in [1.165, 1.54) is 18.2 Å². The SMILES string of the molecule is CC(C)CN(CC(C)C)C(=O)Nc1cc(O)cc(O)c1. The molecule has 20 heavy (non-hydrogen) atoms. The van der Waals surface area contributed by atoms with Crippen LogP contribution in [0.15, 0.2) is 18.2 Å². The van der Waals surface area contributed by atoms with E-state index in [4.69, 9.17) is 0 Å². The molecule has 3 N–H and O–H groups in total. The average Bonchev–Trinajstić information content (AvgIpc) is 2.24. The Hall–Kier alpha value is -1.91. The zero-order chi connectivity index (χ0) is 15.3. The smallest absolute Gasteiger partial charge is 0.321 e. The summed E-state index contributed by atoms with van der Waals surface area (Å²) >= 11 is 0. The second-order valence-corrected chi connectivity index (χ2v) is 5.86. The standard InChI is InChI=1S/C15H24N2O3/c1-10(2)8-17(9-11(3)4)15(20)16-12-5-13(18)7-14(19)6-12/h5-7,10-11,18-19H,8-9H2,1-4H3,(H,16,20). The number of nitrogens with one attached hydrogen (secondary N) is 1. The fourth-order valence-corrected chi connectivity index (χ4v) is 1.99. The van der Waals surface area contributed by atoms with Crippen LogP contribution in [0, 0.1) is 11.8 Å². The van der Waals surface area contributed by atoms with Gasteiger partial charge in [-0.2, -0.15) is 0 Å². The molecule has 0 heterocycles. The van der Waals surface area contributed by atoms with Crippen LogP contribution in [0.2, 0.25) is 0 Å². The number of amides is 2. The molecule has 5 nitrogen and oxygen atoms in total. The highest BCUT2D eigenvalue weighted by molar-refractivity contribution is 5.89. The van der Waals surface area contributed by atoms with E-state index in [1.54, 1.807) is 4.90 Å². The molecule has 0 saturated carbocycles. The van der Waals surface area contributed by atoms with Crippen LogP contribution < -0.4 is 5.32 Å². The van der Waals surface area contributed by atoms with Crippen molar-refractivity contribution in [2.24, 2.45) is 11.8 Å². The molecular formula is C15H24N2O3. The highest BCUT2D eigenvalue weighted by Gasteiger charge is 2.16. The molecule has 0 radical (unpaired) electrons. The number of carbonyl (C=O) groups is 1. The summed E-state index contributed by atoms with van der Waals surface area (Å²) in [5.41, 5.74) is 0.380. The van der Waals surface area contributed by atoms with E-state index < -0.39 is 0 Å². The maximum atomic E-state index is 12.3. The second-order valence-electron chi connectivity index (χ2n) is 5.86. The Labute approximate surface area is 120 Å². The number of phenols is 2. The molecule has 0 aliphatic heterocycles. The monoisotopic (exact) mass is 280 g/mol. The second kappa shape index (κ2) is 7.03. The first-order valence-corrected chi connectivity index (χ1v) is 6.87. The fourth-order valence-electron chi connectivity index (χ4n) is 1.99. The third kappa shape index (κ3) is 5.38. The Morgan fingerprint density at radius 3 is 1.90 bits per heavy atom. The minimum Gasteiger partial charge on any atom is -0.508 e. The van der Waals surface area contributed by atoms with Gasteiger partial charge < -0.3 is 20.4 Å². The number of anilines is 1. The average molecular weight is 280 g/mol. The summed E-state index contributed by atoms with van der Waals surface area (Å²) in [5, 5.41) is 21.5. The van der Waals surface area contributed by atoms with Gasteiger partial charge in [-0.3, -0.25) is 0 Å². The van der Waals surface area contributed by atoms with Crippen molar-refractivity contribution >= 4 is 11.7 Å². The predicted molar refractivity (Wildman–Crippen MR) is 80.0 cm³/mol. The minimum absolute atomic E-state index is 0.0837. The van der Waals surface area contributed by atoms with Crippen molar-refractivity contribution in [2.45, 2.75) is 27.7 Å². The van der Waals surface area contributed by atoms with E-state index in [1.807, 2.05) is 0 Å². The van der Waals surface area contributed by atoms with Gasteiger partial charge in [0.1, 0.15) is 11.5 Å². The highest BCUT2D eigenvalue weighted by atomic mass is 16.3. The summed E-state index contributed by atoms with van der Waals surface area (Å²) < 4.78 is 0. The predicted octanol–water partition coefficient (Wildman–Crippen LogP) is 3.24. The van der Waals surface area contributed by atoms with Gasteiger partial charge in [0.25, 0.3) is 0 Å². The first-order valence-electron chi connectivity index (χ1n) is 6.87. The van der Waals surface area contributed by atoms with Crippen molar-refractivity contribution in [3.63, 3.8) is 0 Å². The lowest BCUT2D eigenvalue weighted by molar-refractivity contribution is 0.196. The molecule has 1 aromatic carbocycles. The van der Waals surface area contributed by atoms with Crippen LogP contribution in [0.3, 0.4) is 0 Å². The Morgan fingerprint density at radius 2 is 1.50 bits per heavy atom. The van der Waals surface area contributed by atoms with Gasteiger partial charge in [-0.05, 0) is 11.8 Å². The van der Waals surface area contributed by atoms with Crippen molar-refractivity contribution in [2.75, 3.05) is 18.4 Å². The molecule has 0 aliphatic carbocycles. The van der Waals surface area contributed by atoms with Gasteiger partial charge in [0.05, 0.1) is 0 Å². The quantitative estimate of drug-likeness (QED) is 0.775. The summed E-state index contributed by atoms with van der Waals surface area (Å²) in [5.74, 6) is 0.577. The van der Waals surface area contributed by atoms with Gasteiger partial charge in [0, 0.05) is 37.0 Å². The summed E-state index contributed by atoms with van der Waals surface area (Å²) in [4.78, 5) is 14.0. The largest absolute Gasteiger partial charge is 0.508 e. The number of hydrogen-bond donors (Lipinski definition) is 3. The van der Waals surface area contributed by atoms with Gasteiger partial charge in [-0.1, -0.05) is 27.7 Å². The van der Waals surface area contributed by atoms with Gasteiger partial charge in [-0.25, -0.2) is 4.79 Å². The van der Waals surface area contributed by atoms with E-state index in [9.17, 15) is 15.0 Å². The zero-order valence-corrected chi connectivity index (χ0v) is 12.6. The van der Waals surface area contributed by atoms with Crippen LogP contribution >= 0.6 is 0 Å². The first kappa shape index (κ1) is 16.1. The Kier molecular flexibility index (Phi) is 5.67. The maximum absolute atomic E-state index is 12.3. The molecule has 2 amide bonds. The fraction of sp³-hybridized carbons (Fsp3) is 0.533. The Morgan fingerprint density at radius 1 is 1.05 bits per heavy atom. The lowest BCUT2D eigenvalue weighted by Crippen LogP contribution is -2.39. The number of hydrogen-bond acceptors (Lipinski definition) is 3. The molecule has 0 aliphatic rings. The Bertz CT molecular complexity index is 428. The third-order valence-electron chi connectivity index (χ3n) is 2.61. The summed E-state index contributed by atoms with van der Waals surface area (Å²) in [6.45, 7) is 9.55. The minimum atomic E-state index is -0.225.